The number of aryl methyl sites for hydroxylation is 1. The summed E-state index contributed by atoms with van der Waals surface area (Å²) in [5.41, 5.74) is 2.33. The van der Waals surface area contributed by atoms with Gasteiger partial charge >= 0.3 is 0 Å². The molecule has 4 nitrogen and oxygen atoms in total. The van der Waals surface area contributed by atoms with E-state index in [0.29, 0.717) is 12.0 Å². The zero-order chi connectivity index (χ0) is 14.4. The van der Waals surface area contributed by atoms with Crippen LogP contribution in [0.3, 0.4) is 0 Å². The van der Waals surface area contributed by atoms with Gasteiger partial charge in [0.25, 0.3) is 0 Å². The van der Waals surface area contributed by atoms with Crippen molar-refractivity contribution < 1.29 is 13.2 Å². The third-order valence-corrected chi connectivity index (χ3v) is 5.63. The first-order chi connectivity index (χ1) is 8.73. The lowest BCUT2D eigenvalue weighted by molar-refractivity contribution is 0.0991. The van der Waals surface area contributed by atoms with E-state index in [-0.39, 0.29) is 23.3 Å². The molecule has 106 valence electrons. The highest BCUT2D eigenvalue weighted by Crippen LogP contribution is 2.29. The van der Waals surface area contributed by atoms with Crippen molar-refractivity contribution in [1.29, 1.82) is 0 Å². The number of nitrogens with zero attached hydrogens (tertiary/aromatic N) is 1. The predicted molar refractivity (Wildman–Crippen MR) is 75.9 cm³/mol. The molecule has 1 aromatic rings. The average Bonchev–Trinajstić information content (AvgIpc) is 2.78. The quantitative estimate of drug-likeness (QED) is 0.636. The largest absolute Gasteiger partial charge is 0.344 e. The number of carbonyl (C=O) groups excluding carboxylic acids is 1. The fraction of sp³-hybridized carbons (Fsp3) is 0.615. The molecule has 1 fully saturated rings. The number of carbonyl (C=O) groups is 1. The van der Waals surface area contributed by atoms with E-state index >= 15 is 0 Å². The Hall–Kier alpha value is -0.810. The van der Waals surface area contributed by atoms with Crippen LogP contribution in [0.25, 0.3) is 0 Å². The van der Waals surface area contributed by atoms with Crippen LogP contribution < -0.4 is 0 Å². The molecule has 2 rings (SSSR count). The Labute approximate surface area is 118 Å². The monoisotopic (exact) mass is 303 g/mol. The third kappa shape index (κ3) is 2.72. The van der Waals surface area contributed by atoms with Crippen molar-refractivity contribution in [2.75, 3.05) is 11.5 Å². The Morgan fingerprint density at radius 3 is 2.58 bits per heavy atom. The maximum absolute atomic E-state index is 12.0. The van der Waals surface area contributed by atoms with E-state index in [1.165, 1.54) is 0 Å². The van der Waals surface area contributed by atoms with Crippen LogP contribution in [0.1, 0.15) is 41.1 Å². The molecular formula is C13H18ClNO3S. The number of ketones is 1. The zero-order valence-electron chi connectivity index (χ0n) is 11.3. The molecule has 1 aliphatic heterocycles. The Bertz CT molecular complexity index is 616. The van der Waals surface area contributed by atoms with Gasteiger partial charge in [0.2, 0.25) is 0 Å². The summed E-state index contributed by atoms with van der Waals surface area (Å²) in [6, 6.07) is 1.75. The molecule has 2 unspecified atom stereocenters. The number of hydrogen-bond acceptors (Lipinski definition) is 3. The molecule has 0 aromatic carbocycles. The van der Waals surface area contributed by atoms with Crippen LogP contribution in [0.2, 0.25) is 0 Å². The Balaban J connectivity index is 2.41. The molecular weight excluding hydrogens is 286 g/mol. The lowest BCUT2D eigenvalue weighted by Gasteiger charge is -2.16. The fourth-order valence-electron chi connectivity index (χ4n) is 2.78. The van der Waals surface area contributed by atoms with Gasteiger partial charge in [0, 0.05) is 23.0 Å². The van der Waals surface area contributed by atoms with Crippen molar-refractivity contribution >= 4 is 27.2 Å². The van der Waals surface area contributed by atoms with Gasteiger partial charge in [-0.1, -0.05) is 0 Å². The summed E-state index contributed by atoms with van der Waals surface area (Å²) in [6.45, 7) is 5.40. The number of aromatic nitrogens is 1. The highest BCUT2D eigenvalue weighted by Gasteiger charge is 2.32. The Kier molecular flexibility index (Phi) is 3.80. The van der Waals surface area contributed by atoms with Crippen LogP contribution in [0, 0.1) is 13.8 Å². The average molecular weight is 304 g/mol. The molecule has 0 amide bonds. The van der Waals surface area contributed by atoms with E-state index in [1.807, 2.05) is 24.5 Å². The van der Waals surface area contributed by atoms with E-state index in [4.69, 9.17) is 11.6 Å². The first-order valence-corrected chi connectivity index (χ1v) is 8.56. The Morgan fingerprint density at radius 1 is 1.47 bits per heavy atom. The van der Waals surface area contributed by atoms with Gasteiger partial charge in [0.15, 0.2) is 15.6 Å². The minimum absolute atomic E-state index is 0.0582. The fourth-order valence-corrected chi connectivity index (χ4v) is 4.60. The molecule has 2 atom stereocenters. The lowest BCUT2D eigenvalue weighted by Crippen LogP contribution is -2.16. The van der Waals surface area contributed by atoms with Gasteiger partial charge in [-0.3, -0.25) is 4.79 Å². The molecule has 2 heterocycles. The van der Waals surface area contributed by atoms with E-state index in [9.17, 15) is 13.2 Å². The molecule has 1 aliphatic rings. The third-order valence-electron chi connectivity index (χ3n) is 3.68. The summed E-state index contributed by atoms with van der Waals surface area (Å²) in [5, 5.41) is -0.568. The van der Waals surface area contributed by atoms with Gasteiger partial charge in [-0.25, -0.2) is 8.42 Å². The van der Waals surface area contributed by atoms with Gasteiger partial charge in [-0.2, -0.15) is 0 Å². The summed E-state index contributed by atoms with van der Waals surface area (Å²) in [5.74, 6) is 0.277. The topological polar surface area (TPSA) is 56.1 Å². The Morgan fingerprint density at radius 2 is 2.11 bits per heavy atom. The van der Waals surface area contributed by atoms with Crippen molar-refractivity contribution in [3.8, 4) is 0 Å². The maximum atomic E-state index is 12.0. The molecule has 1 aromatic heterocycles. The summed E-state index contributed by atoms with van der Waals surface area (Å²) >= 11 is 5.85. The molecule has 0 radical (unpaired) electrons. The molecule has 1 saturated heterocycles. The zero-order valence-corrected chi connectivity index (χ0v) is 12.9. The normalized spacial score (nSPS) is 23.5. The number of hydrogen-bond donors (Lipinski definition) is 0. The van der Waals surface area contributed by atoms with Crippen LogP contribution in [-0.4, -0.2) is 35.7 Å². The minimum Gasteiger partial charge on any atom is -0.344 e. The van der Waals surface area contributed by atoms with Crippen molar-refractivity contribution in [3.05, 3.63) is 23.0 Å². The highest BCUT2D eigenvalue weighted by molar-refractivity contribution is 7.91. The second-order valence-corrected chi connectivity index (χ2v) is 8.08. The highest BCUT2D eigenvalue weighted by atomic mass is 35.5. The summed E-state index contributed by atoms with van der Waals surface area (Å²) in [7, 11) is -2.94. The molecule has 0 bridgehead atoms. The summed E-state index contributed by atoms with van der Waals surface area (Å²) in [4.78, 5) is 12.0. The van der Waals surface area contributed by atoms with Crippen molar-refractivity contribution in [3.63, 3.8) is 0 Å². The van der Waals surface area contributed by atoms with Crippen molar-refractivity contribution in [2.45, 2.75) is 38.6 Å². The van der Waals surface area contributed by atoms with Gasteiger partial charge in [0.05, 0.1) is 16.9 Å². The molecule has 0 spiro atoms. The second kappa shape index (κ2) is 4.94. The van der Waals surface area contributed by atoms with Crippen molar-refractivity contribution in [2.24, 2.45) is 0 Å². The van der Waals surface area contributed by atoms with Gasteiger partial charge < -0.3 is 4.57 Å². The van der Waals surface area contributed by atoms with Crippen LogP contribution in [-0.2, 0) is 9.84 Å². The van der Waals surface area contributed by atoms with Gasteiger partial charge in [-0.15, -0.1) is 11.6 Å². The van der Waals surface area contributed by atoms with E-state index < -0.39 is 15.2 Å². The number of halogens is 1. The number of alkyl halides is 1. The SMILES string of the molecule is Cc1cc(C(=O)C(C)Cl)c(C)n1C1CCS(=O)(=O)C1. The summed E-state index contributed by atoms with van der Waals surface area (Å²) < 4.78 is 25.1. The molecule has 0 N–H and O–H groups in total. The standard InChI is InChI=1S/C13H18ClNO3S/c1-8-6-12(13(16)9(2)14)10(3)15(8)11-4-5-19(17,18)7-11/h6,9,11H,4-5,7H2,1-3H3. The maximum Gasteiger partial charge on any atom is 0.182 e. The molecule has 19 heavy (non-hydrogen) atoms. The number of Topliss-reactive ketones (excluding diaryl/α,β-unsaturated/α-hetero) is 1. The smallest absolute Gasteiger partial charge is 0.182 e. The summed E-state index contributed by atoms with van der Waals surface area (Å²) in [6.07, 6.45) is 0.614. The predicted octanol–water partition coefficient (Wildman–Crippen LogP) is 2.27. The van der Waals surface area contributed by atoms with Crippen LogP contribution in [0.5, 0.6) is 0 Å². The molecule has 6 heteroatoms. The van der Waals surface area contributed by atoms with E-state index in [2.05, 4.69) is 0 Å². The van der Waals surface area contributed by atoms with Crippen LogP contribution >= 0.6 is 11.6 Å². The molecule has 0 saturated carbocycles. The number of rotatable bonds is 3. The first kappa shape index (κ1) is 14.6. The van der Waals surface area contributed by atoms with Crippen LogP contribution in [0.15, 0.2) is 6.07 Å². The second-order valence-electron chi connectivity index (χ2n) is 5.19. The van der Waals surface area contributed by atoms with E-state index in [1.54, 1.807) is 6.92 Å². The van der Waals surface area contributed by atoms with Crippen molar-refractivity contribution in [1.82, 2.24) is 4.57 Å². The van der Waals surface area contributed by atoms with E-state index in [0.717, 1.165) is 11.4 Å². The first-order valence-electron chi connectivity index (χ1n) is 6.30. The lowest BCUT2D eigenvalue weighted by atomic mass is 10.1. The molecule has 0 aliphatic carbocycles. The van der Waals surface area contributed by atoms with Crippen LogP contribution in [0.4, 0.5) is 0 Å². The minimum atomic E-state index is -2.94. The van der Waals surface area contributed by atoms with Gasteiger partial charge in [0.1, 0.15) is 0 Å². The van der Waals surface area contributed by atoms with Gasteiger partial charge in [-0.05, 0) is 33.3 Å². The number of sulfone groups is 1.